The average molecular weight is 339 g/mol. The Morgan fingerprint density at radius 3 is 3.12 bits per heavy atom. The molecule has 1 aliphatic rings. The molecule has 0 atom stereocenters. The molecule has 25 heavy (non-hydrogen) atoms. The van der Waals surface area contributed by atoms with Crippen molar-refractivity contribution in [2.45, 2.75) is 32.7 Å². The van der Waals surface area contributed by atoms with Gasteiger partial charge in [0.05, 0.1) is 12.2 Å². The van der Waals surface area contributed by atoms with Crippen LogP contribution in [-0.2, 0) is 16.1 Å². The molecule has 7 heteroatoms. The second-order valence-electron chi connectivity index (χ2n) is 5.71. The molecule has 0 spiro atoms. The van der Waals surface area contributed by atoms with E-state index in [9.17, 15) is 4.79 Å². The SMILES string of the molecule is C=C1OCCCCn2cnnc2-c2cccc(n2)NC(=O)/C1=C/CC. The number of aromatic nitrogens is 4. The number of nitrogens with zero attached hydrogens (tertiary/aromatic N) is 4. The molecule has 0 aromatic carbocycles. The summed E-state index contributed by atoms with van der Waals surface area (Å²) in [6.45, 7) is 7.14. The van der Waals surface area contributed by atoms with Gasteiger partial charge in [0.25, 0.3) is 5.91 Å². The second-order valence-corrected chi connectivity index (χ2v) is 5.71. The normalized spacial score (nSPS) is 17.4. The summed E-state index contributed by atoms with van der Waals surface area (Å²) in [5.74, 6) is 1.24. The number of anilines is 1. The van der Waals surface area contributed by atoms with Crippen LogP contribution in [0, 0.1) is 0 Å². The lowest BCUT2D eigenvalue weighted by Gasteiger charge is -2.14. The molecule has 3 heterocycles. The zero-order valence-electron chi connectivity index (χ0n) is 14.2. The van der Waals surface area contributed by atoms with E-state index in [-0.39, 0.29) is 5.91 Å². The summed E-state index contributed by atoms with van der Waals surface area (Å²) >= 11 is 0. The van der Waals surface area contributed by atoms with E-state index in [4.69, 9.17) is 4.74 Å². The van der Waals surface area contributed by atoms with Crippen molar-refractivity contribution in [3.63, 3.8) is 0 Å². The number of carbonyl (C=O) groups excluding carboxylic acids is 1. The first-order chi connectivity index (χ1) is 12.2. The average Bonchev–Trinajstić information content (AvgIpc) is 3.07. The van der Waals surface area contributed by atoms with Crippen molar-refractivity contribution in [3.05, 3.63) is 48.5 Å². The van der Waals surface area contributed by atoms with Crippen LogP contribution in [0.4, 0.5) is 5.82 Å². The van der Waals surface area contributed by atoms with Crippen molar-refractivity contribution in [3.8, 4) is 11.5 Å². The molecule has 0 aliphatic carbocycles. The molecule has 2 aromatic heterocycles. The molecule has 0 saturated heterocycles. The molecular weight excluding hydrogens is 318 g/mol. The Hall–Kier alpha value is -2.96. The van der Waals surface area contributed by atoms with Crippen molar-refractivity contribution in [2.24, 2.45) is 0 Å². The van der Waals surface area contributed by atoms with Gasteiger partial charge in [-0.3, -0.25) is 4.79 Å². The third-order valence-electron chi connectivity index (χ3n) is 3.86. The Morgan fingerprint density at radius 1 is 1.40 bits per heavy atom. The highest BCUT2D eigenvalue weighted by atomic mass is 16.5. The van der Waals surface area contributed by atoms with Crippen molar-refractivity contribution in [2.75, 3.05) is 11.9 Å². The van der Waals surface area contributed by atoms with Crippen LogP contribution in [0.1, 0.15) is 26.2 Å². The van der Waals surface area contributed by atoms with Gasteiger partial charge in [0, 0.05) is 6.54 Å². The highest BCUT2D eigenvalue weighted by Crippen LogP contribution is 2.20. The van der Waals surface area contributed by atoms with E-state index in [1.165, 1.54) is 0 Å². The number of aryl methyl sites for hydroxylation is 1. The number of ether oxygens (including phenoxy) is 1. The molecule has 1 aliphatic heterocycles. The highest BCUT2D eigenvalue weighted by Gasteiger charge is 2.16. The molecule has 2 aromatic rings. The van der Waals surface area contributed by atoms with Crippen LogP contribution in [0.15, 0.2) is 48.5 Å². The van der Waals surface area contributed by atoms with E-state index in [2.05, 4.69) is 27.1 Å². The van der Waals surface area contributed by atoms with Crippen molar-refractivity contribution in [1.29, 1.82) is 0 Å². The molecule has 0 radical (unpaired) electrons. The van der Waals surface area contributed by atoms with Crippen LogP contribution in [0.2, 0.25) is 0 Å². The quantitative estimate of drug-likeness (QED) is 0.808. The predicted molar refractivity (Wildman–Crippen MR) is 94.6 cm³/mol. The van der Waals surface area contributed by atoms with Gasteiger partial charge in [0.2, 0.25) is 0 Å². The maximum Gasteiger partial charge on any atom is 0.260 e. The molecule has 7 nitrogen and oxygen atoms in total. The fourth-order valence-corrected chi connectivity index (χ4v) is 2.62. The fourth-order valence-electron chi connectivity index (χ4n) is 2.62. The van der Waals surface area contributed by atoms with Crippen molar-refractivity contribution in [1.82, 2.24) is 19.7 Å². The van der Waals surface area contributed by atoms with Gasteiger partial charge in [-0.15, -0.1) is 10.2 Å². The summed E-state index contributed by atoms with van der Waals surface area (Å²) in [6, 6.07) is 5.42. The number of allylic oxidation sites excluding steroid dienone is 1. The van der Waals surface area contributed by atoms with E-state index in [0.717, 1.165) is 19.4 Å². The third-order valence-corrected chi connectivity index (χ3v) is 3.86. The maximum atomic E-state index is 12.6. The van der Waals surface area contributed by atoms with Crippen LogP contribution in [0.3, 0.4) is 0 Å². The molecule has 3 rings (SSSR count). The number of fused-ring (bicyclic) bond motifs is 4. The first-order valence-electron chi connectivity index (χ1n) is 8.38. The number of pyridine rings is 1. The molecular formula is C18H21N5O2. The van der Waals surface area contributed by atoms with Gasteiger partial charge >= 0.3 is 0 Å². The Bertz CT molecular complexity index is 809. The van der Waals surface area contributed by atoms with Gasteiger partial charge in [0.1, 0.15) is 23.6 Å². The first kappa shape index (κ1) is 16.9. The minimum Gasteiger partial charge on any atom is -0.493 e. The zero-order chi connectivity index (χ0) is 17.6. The van der Waals surface area contributed by atoms with Crippen LogP contribution in [-0.4, -0.2) is 32.3 Å². The molecule has 2 bridgehead atoms. The largest absolute Gasteiger partial charge is 0.493 e. The van der Waals surface area contributed by atoms with Crippen LogP contribution in [0.25, 0.3) is 11.5 Å². The second kappa shape index (κ2) is 7.74. The molecule has 1 amide bonds. The molecule has 1 N–H and O–H groups in total. The zero-order valence-corrected chi connectivity index (χ0v) is 14.2. The van der Waals surface area contributed by atoms with Crippen LogP contribution in [0.5, 0.6) is 0 Å². The van der Waals surface area contributed by atoms with Gasteiger partial charge in [-0.2, -0.15) is 0 Å². The Kier molecular flexibility index (Phi) is 5.23. The molecule has 130 valence electrons. The fraction of sp³-hybridized carbons (Fsp3) is 0.333. The van der Waals surface area contributed by atoms with E-state index in [1.807, 2.05) is 29.7 Å². The highest BCUT2D eigenvalue weighted by molar-refractivity contribution is 6.06. The number of rotatable bonds is 1. The first-order valence-corrected chi connectivity index (χ1v) is 8.38. The summed E-state index contributed by atoms with van der Waals surface area (Å²) in [6.07, 6.45) is 5.95. The predicted octanol–water partition coefficient (Wildman–Crippen LogP) is 2.94. The van der Waals surface area contributed by atoms with E-state index < -0.39 is 0 Å². The van der Waals surface area contributed by atoms with E-state index in [0.29, 0.717) is 41.7 Å². The van der Waals surface area contributed by atoms with Gasteiger partial charge in [-0.05, 0) is 31.4 Å². The van der Waals surface area contributed by atoms with Crippen molar-refractivity contribution >= 4 is 11.7 Å². The number of hydrogen-bond acceptors (Lipinski definition) is 5. The van der Waals surface area contributed by atoms with Crippen LogP contribution >= 0.6 is 0 Å². The Balaban J connectivity index is 1.97. The van der Waals surface area contributed by atoms with Crippen molar-refractivity contribution < 1.29 is 9.53 Å². The topological polar surface area (TPSA) is 81.9 Å². The third kappa shape index (κ3) is 3.93. The molecule has 0 fully saturated rings. The summed E-state index contributed by atoms with van der Waals surface area (Å²) in [7, 11) is 0. The number of carbonyl (C=O) groups is 1. The monoisotopic (exact) mass is 339 g/mol. The molecule has 0 unspecified atom stereocenters. The minimum absolute atomic E-state index is 0.282. The number of hydrogen-bond donors (Lipinski definition) is 1. The summed E-state index contributed by atoms with van der Waals surface area (Å²) in [4.78, 5) is 17.1. The summed E-state index contributed by atoms with van der Waals surface area (Å²) < 4.78 is 7.62. The Morgan fingerprint density at radius 2 is 2.28 bits per heavy atom. The van der Waals surface area contributed by atoms with Gasteiger partial charge in [-0.25, -0.2) is 4.98 Å². The summed E-state index contributed by atoms with van der Waals surface area (Å²) in [5, 5.41) is 10.9. The van der Waals surface area contributed by atoms with Crippen LogP contribution < -0.4 is 5.32 Å². The Labute approximate surface area is 146 Å². The van der Waals surface area contributed by atoms with Gasteiger partial charge in [0.15, 0.2) is 5.82 Å². The lowest BCUT2D eigenvalue weighted by Crippen LogP contribution is -2.18. The molecule has 0 saturated carbocycles. The van der Waals surface area contributed by atoms with E-state index in [1.54, 1.807) is 12.4 Å². The standard InChI is InChI=1S/C18H21N5O2/c1-3-7-14-13(2)25-11-5-4-10-23-12-19-22-17(23)15-8-6-9-16(20-15)21-18(14)24/h6-9,12H,2-5,10-11H2,1H3,(H,20,21,24)/b14-7+. The summed E-state index contributed by atoms with van der Waals surface area (Å²) in [5.41, 5.74) is 1.11. The smallest absolute Gasteiger partial charge is 0.260 e. The lowest BCUT2D eigenvalue weighted by molar-refractivity contribution is -0.113. The number of amides is 1. The maximum absolute atomic E-state index is 12.6. The van der Waals surface area contributed by atoms with Gasteiger partial charge < -0.3 is 14.6 Å². The van der Waals surface area contributed by atoms with E-state index >= 15 is 0 Å². The number of nitrogens with one attached hydrogen (secondary N) is 1. The van der Waals surface area contributed by atoms with Gasteiger partial charge in [-0.1, -0.05) is 25.6 Å². The lowest BCUT2D eigenvalue weighted by atomic mass is 10.1. The minimum atomic E-state index is -0.282.